The van der Waals surface area contributed by atoms with Gasteiger partial charge in [-0.15, -0.1) is 20.4 Å². The van der Waals surface area contributed by atoms with Crippen LogP contribution in [0, 0.1) is 0 Å². The van der Waals surface area contributed by atoms with Crippen LogP contribution in [-0.2, 0) is 12.8 Å². The normalized spacial score (nSPS) is 16.7. The fourth-order valence-corrected chi connectivity index (χ4v) is 3.78. The Kier molecular flexibility index (Phi) is 4.63. The first kappa shape index (κ1) is 17.7. The standard InChI is InChI=1S/C21H21N7O/c29-21(19-24-18(25-26-19)12-14-6-2-1-3-7-14)23-16-11-10-15-8-4-5-9-17(15)28-13-22-27-20(16)28/h1-9,13,16,21,23,29H,10-12H2,(H,24,25,26)/t16-,21?/m0/s1. The van der Waals surface area contributed by atoms with Crippen molar-refractivity contribution in [2.45, 2.75) is 31.5 Å². The summed E-state index contributed by atoms with van der Waals surface area (Å²) in [5.74, 6) is 1.88. The smallest absolute Gasteiger partial charge is 0.174 e. The van der Waals surface area contributed by atoms with E-state index in [9.17, 15) is 5.11 Å². The Morgan fingerprint density at radius 1 is 1.07 bits per heavy atom. The lowest BCUT2D eigenvalue weighted by atomic mass is 10.1. The summed E-state index contributed by atoms with van der Waals surface area (Å²) in [4.78, 5) is 3.12. The number of para-hydroxylation sites is 1. The molecule has 5 rings (SSSR count). The fourth-order valence-electron chi connectivity index (χ4n) is 3.78. The highest BCUT2D eigenvalue weighted by Gasteiger charge is 2.27. The molecule has 29 heavy (non-hydrogen) atoms. The number of benzene rings is 2. The Balaban J connectivity index is 1.33. The minimum atomic E-state index is -0.983. The topological polar surface area (TPSA) is 105 Å². The molecule has 1 aliphatic rings. The molecular formula is C21H21N7O. The maximum absolute atomic E-state index is 10.7. The average Bonchev–Trinajstić information content (AvgIpc) is 3.39. The maximum Gasteiger partial charge on any atom is 0.174 e. The van der Waals surface area contributed by atoms with Gasteiger partial charge in [0.25, 0.3) is 0 Å². The highest BCUT2D eigenvalue weighted by atomic mass is 16.3. The molecule has 0 saturated carbocycles. The summed E-state index contributed by atoms with van der Waals surface area (Å²) >= 11 is 0. The van der Waals surface area contributed by atoms with Gasteiger partial charge in [-0.2, -0.15) is 0 Å². The Labute approximate surface area is 167 Å². The Morgan fingerprint density at radius 3 is 2.79 bits per heavy atom. The molecule has 0 spiro atoms. The van der Waals surface area contributed by atoms with Gasteiger partial charge >= 0.3 is 0 Å². The summed E-state index contributed by atoms with van der Waals surface area (Å²) in [6.45, 7) is 0. The minimum Gasteiger partial charge on any atom is -0.371 e. The van der Waals surface area contributed by atoms with Gasteiger partial charge in [0.05, 0.1) is 11.7 Å². The predicted octanol–water partition coefficient (Wildman–Crippen LogP) is 2.24. The van der Waals surface area contributed by atoms with E-state index in [0.717, 1.165) is 29.9 Å². The Hall–Kier alpha value is -3.36. The van der Waals surface area contributed by atoms with E-state index in [1.54, 1.807) is 6.33 Å². The van der Waals surface area contributed by atoms with Crippen LogP contribution in [0.2, 0.25) is 0 Å². The van der Waals surface area contributed by atoms with Crippen molar-refractivity contribution in [2.75, 3.05) is 0 Å². The molecule has 3 N–H and O–H groups in total. The van der Waals surface area contributed by atoms with Crippen LogP contribution in [0.15, 0.2) is 60.9 Å². The molecule has 8 nitrogen and oxygen atoms in total. The maximum atomic E-state index is 10.7. The second-order valence-electron chi connectivity index (χ2n) is 7.17. The van der Waals surface area contributed by atoms with Crippen molar-refractivity contribution < 1.29 is 5.11 Å². The number of nitrogens with one attached hydrogen (secondary N) is 2. The first-order valence-corrected chi connectivity index (χ1v) is 9.65. The summed E-state index contributed by atoms with van der Waals surface area (Å²) in [6, 6.07) is 18.1. The zero-order chi connectivity index (χ0) is 19.6. The third-order valence-corrected chi connectivity index (χ3v) is 5.22. The molecular weight excluding hydrogens is 366 g/mol. The van der Waals surface area contributed by atoms with E-state index in [2.05, 4.69) is 42.8 Å². The molecule has 0 aliphatic carbocycles. The number of rotatable bonds is 5. The van der Waals surface area contributed by atoms with Crippen molar-refractivity contribution in [3.63, 3.8) is 0 Å². The third kappa shape index (κ3) is 3.55. The minimum absolute atomic E-state index is 0.164. The second kappa shape index (κ2) is 7.57. The number of aromatic amines is 1. The highest BCUT2D eigenvalue weighted by Crippen LogP contribution is 2.29. The Morgan fingerprint density at radius 2 is 1.90 bits per heavy atom. The monoisotopic (exact) mass is 387 g/mol. The van der Waals surface area contributed by atoms with Crippen LogP contribution in [0.5, 0.6) is 0 Å². The number of aliphatic hydroxyl groups excluding tert-OH is 1. The lowest BCUT2D eigenvalue weighted by Crippen LogP contribution is -2.29. The quantitative estimate of drug-likeness (QED) is 0.454. The molecule has 8 heteroatoms. The van der Waals surface area contributed by atoms with Gasteiger partial charge in [-0.25, -0.2) is 0 Å². The van der Waals surface area contributed by atoms with Gasteiger partial charge in [0, 0.05) is 6.42 Å². The molecule has 1 aliphatic heterocycles. The molecule has 1 unspecified atom stereocenters. The number of fused-ring (bicyclic) bond motifs is 3. The summed E-state index contributed by atoms with van der Waals surface area (Å²) in [6.07, 6.45) is 3.03. The lowest BCUT2D eigenvalue weighted by Gasteiger charge is -2.19. The summed E-state index contributed by atoms with van der Waals surface area (Å²) in [5.41, 5.74) is 3.44. The largest absolute Gasteiger partial charge is 0.371 e. The van der Waals surface area contributed by atoms with E-state index in [-0.39, 0.29) is 6.04 Å². The van der Waals surface area contributed by atoms with Crippen molar-refractivity contribution in [3.8, 4) is 5.69 Å². The van der Waals surface area contributed by atoms with Crippen LogP contribution in [0.3, 0.4) is 0 Å². The number of nitrogens with zero attached hydrogens (tertiary/aromatic N) is 5. The molecule has 0 bridgehead atoms. The molecule has 0 saturated heterocycles. The number of H-pyrrole nitrogens is 1. The van der Waals surface area contributed by atoms with Crippen molar-refractivity contribution in [1.29, 1.82) is 0 Å². The van der Waals surface area contributed by atoms with Gasteiger partial charge in [0.2, 0.25) is 0 Å². The van der Waals surface area contributed by atoms with Gasteiger partial charge in [-0.3, -0.25) is 9.88 Å². The first-order chi connectivity index (χ1) is 14.3. The van der Waals surface area contributed by atoms with Gasteiger partial charge in [-0.1, -0.05) is 48.5 Å². The van der Waals surface area contributed by atoms with Gasteiger partial charge in [0.15, 0.2) is 17.9 Å². The third-order valence-electron chi connectivity index (χ3n) is 5.22. The van der Waals surface area contributed by atoms with Crippen molar-refractivity contribution in [2.24, 2.45) is 0 Å². The number of aryl methyl sites for hydroxylation is 1. The van der Waals surface area contributed by atoms with E-state index in [0.29, 0.717) is 18.1 Å². The lowest BCUT2D eigenvalue weighted by molar-refractivity contribution is 0.111. The zero-order valence-electron chi connectivity index (χ0n) is 15.7. The molecule has 4 aromatic rings. The number of aromatic nitrogens is 6. The van der Waals surface area contributed by atoms with Crippen molar-refractivity contribution in [3.05, 3.63) is 89.5 Å². The van der Waals surface area contributed by atoms with Crippen LogP contribution in [0.4, 0.5) is 0 Å². The highest BCUT2D eigenvalue weighted by molar-refractivity contribution is 5.43. The predicted molar refractivity (Wildman–Crippen MR) is 106 cm³/mol. The van der Waals surface area contributed by atoms with E-state index in [1.165, 1.54) is 5.56 Å². The molecule has 146 valence electrons. The number of hydrogen-bond acceptors (Lipinski definition) is 6. The van der Waals surface area contributed by atoms with Crippen molar-refractivity contribution >= 4 is 0 Å². The van der Waals surface area contributed by atoms with Gasteiger partial charge < -0.3 is 10.1 Å². The van der Waals surface area contributed by atoms with Crippen molar-refractivity contribution in [1.82, 2.24) is 35.3 Å². The second-order valence-corrected chi connectivity index (χ2v) is 7.17. The van der Waals surface area contributed by atoms with Crippen LogP contribution in [0.1, 0.15) is 47.3 Å². The molecule has 0 fully saturated rings. The van der Waals surface area contributed by atoms with E-state index < -0.39 is 6.23 Å². The molecule has 0 amide bonds. The molecule has 2 atom stereocenters. The fraction of sp³-hybridized carbons (Fsp3) is 0.238. The van der Waals surface area contributed by atoms with E-state index >= 15 is 0 Å². The number of hydrogen-bond donors (Lipinski definition) is 3. The average molecular weight is 387 g/mol. The Bertz CT molecular complexity index is 1100. The molecule has 2 aromatic heterocycles. The van der Waals surface area contributed by atoms with E-state index in [1.807, 2.05) is 47.0 Å². The SMILES string of the molecule is OC(N[C@H]1CCc2ccccc2-n2cnnc21)c1nnc(Cc2ccccc2)[nH]1. The van der Waals surface area contributed by atoms with Gasteiger partial charge in [-0.05, 0) is 30.0 Å². The molecule has 0 radical (unpaired) electrons. The van der Waals surface area contributed by atoms with Crippen LogP contribution >= 0.6 is 0 Å². The summed E-state index contributed by atoms with van der Waals surface area (Å²) in [7, 11) is 0. The first-order valence-electron chi connectivity index (χ1n) is 9.65. The zero-order valence-corrected chi connectivity index (χ0v) is 15.7. The van der Waals surface area contributed by atoms with Crippen LogP contribution in [0.25, 0.3) is 5.69 Å². The summed E-state index contributed by atoms with van der Waals surface area (Å²) in [5, 5.41) is 30.6. The van der Waals surface area contributed by atoms with Gasteiger partial charge in [0.1, 0.15) is 12.2 Å². The number of aliphatic hydroxyl groups is 1. The van der Waals surface area contributed by atoms with Crippen LogP contribution < -0.4 is 5.32 Å². The van der Waals surface area contributed by atoms with Crippen LogP contribution in [-0.4, -0.2) is 35.1 Å². The molecule has 3 heterocycles. The van der Waals surface area contributed by atoms with E-state index in [4.69, 9.17) is 0 Å². The molecule has 2 aromatic carbocycles. The summed E-state index contributed by atoms with van der Waals surface area (Å²) < 4.78 is 1.98.